The number of likely N-dealkylation sites (tertiary alicyclic amines) is 1. The van der Waals surface area contributed by atoms with Gasteiger partial charge in [0.25, 0.3) is 5.91 Å². The minimum absolute atomic E-state index is 0.112. The fourth-order valence-electron chi connectivity index (χ4n) is 3.18. The van der Waals surface area contributed by atoms with Gasteiger partial charge in [-0.15, -0.1) is 0 Å². The predicted octanol–water partition coefficient (Wildman–Crippen LogP) is 3.64. The molecule has 0 aliphatic carbocycles. The van der Waals surface area contributed by atoms with E-state index in [2.05, 4.69) is 16.5 Å². The number of nitrogens with zero attached hydrogens (tertiary/aromatic N) is 2. The molecule has 2 aromatic rings. The van der Waals surface area contributed by atoms with Crippen LogP contribution >= 0.6 is 0 Å². The van der Waals surface area contributed by atoms with Gasteiger partial charge in [0.2, 0.25) is 0 Å². The third kappa shape index (κ3) is 4.64. The lowest BCUT2D eigenvalue weighted by Crippen LogP contribution is -2.47. The fraction of sp³-hybridized carbons (Fsp3) is 0.381. The third-order valence-corrected chi connectivity index (χ3v) is 4.59. The average molecular weight is 366 g/mol. The summed E-state index contributed by atoms with van der Waals surface area (Å²) >= 11 is 0. The number of hydrogen-bond donors (Lipinski definition) is 1. The van der Waals surface area contributed by atoms with Crippen molar-refractivity contribution < 1.29 is 14.3 Å². The van der Waals surface area contributed by atoms with Crippen molar-refractivity contribution in [1.29, 1.82) is 0 Å². The van der Waals surface area contributed by atoms with E-state index in [1.807, 2.05) is 37.3 Å². The van der Waals surface area contributed by atoms with Crippen LogP contribution in [-0.4, -0.2) is 41.2 Å². The molecule has 0 spiro atoms. The van der Waals surface area contributed by atoms with Crippen LogP contribution in [0.15, 0.2) is 42.6 Å². The topological polar surface area (TPSA) is 71.5 Å². The number of hydrogen-bond acceptors (Lipinski definition) is 4. The Balaban J connectivity index is 1.75. The molecule has 3 rings (SSSR count). The van der Waals surface area contributed by atoms with E-state index in [9.17, 15) is 9.59 Å². The maximum atomic E-state index is 13.2. The lowest BCUT2D eigenvalue weighted by molar-refractivity contribution is 0.0699. The normalized spacial score (nSPS) is 16.2. The lowest BCUT2D eigenvalue weighted by Gasteiger charge is -2.26. The number of ether oxygens (including phenoxy) is 1. The Labute approximate surface area is 159 Å². The summed E-state index contributed by atoms with van der Waals surface area (Å²) < 4.78 is 5.17. The van der Waals surface area contributed by atoms with Crippen LogP contribution in [-0.2, 0) is 4.74 Å². The van der Waals surface area contributed by atoms with Gasteiger partial charge in [0.15, 0.2) is 0 Å². The second-order valence-electron chi connectivity index (χ2n) is 6.50. The number of carbonyl (C=O) groups excluding carboxylic acids is 2. The summed E-state index contributed by atoms with van der Waals surface area (Å²) in [6.07, 6.45) is 7.11. The van der Waals surface area contributed by atoms with Crippen molar-refractivity contribution in [2.45, 2.75) is 38.8 Å². The molecule has 2 heterocycles. The average Bonchev–Trinajstić information content (AvgIpc) is 3.16. The molecule has 2 amide bonds. The first-order valence-electron chi connectivity index (χ1n) is 9.37. The van der Waals surface area contributed by atoms with Gasteiger partial charge in [-0.1, -0.05) is 37.6 Å². The molecular weight excluding hydrogens is 342 g/mol. The number of amides is 2. The number of carbonyl (C=O) groups is 2. The fourth-order valence-corrected chi connectivity index (χ4v) is 3.18. The summed E-state index contributed by atoms with van der Waals surface area (Å²) in [6.45, 7) is 3.03. The Hall–Kier alpha value is -2.89. The quantitative estimate of drug-likeness (QED) is 0.793. The molecule has 0 saturated carbocycles. The van der Waals surface area contributed by atoms with E-state index in [0.717, 1.165) is 36.8 Å². The molecule has 1 radical (unpaired) electrons. The second-order valence-corrected chi connectivity index (χ2v) is 6.50. The lowest BCUT2D eigenvalue weighted by atomic mass is 10.0. The Morgan fingerprint density at radius 2 is 2.15 bits per heavy atom. The van der Waals surface area contributed by atoms with Crippen LogP contribution in [0.1, 0.15) is 43.0 Å². The molecule has 1 aromatic carbocycles. The monoisotopic (exact) mass is 366 g/mol. The van der Waals surface area contributed by atoms with E-state index >= 15 is 0 Å². The number of aromatic nitrogens is 1. The van der Waals surface area contributed by atoms with E-state index in [-0.39, 0.29) is 12.1 Å². The van der Waals surface area contributed by atoms with Gasteiger partial charge in [0, 0.05) is 23.9 Å². The van der Waals surface area contributed by atoms with Gasteiger partial charge in [-0.3, -0.25) is 9.78 Å². The molecule has 1 unspecified atom stereocenters. The third-order valence-electron chi connectivity index (χ3n) is 4.59. The zero-order valence-corrected chi connectivity index (χ0v) is 15.5. The highest BCUT2D eigenvalue weighted by Gasteiger charge is 2.32. The molecule has 27 heavy (non-hydrogen) atoms. The second kappa shape index (κ2) is 9.16. The van der Waals surface area contributed by atoms with E-state index in [0.29, 0.717) is 18.7 Å². The van der Waals surface area contributed by atoms with Crippen LogP contribution in [0.4, 0.5) is 4.79 Å². The molecule has 0 bridgehead atoms. The molecule has 1 atom stereocenters. The van der Waals surface area contributed by atoms with Gasteiger partial charge in [0.05, 0.1) is 12.8 Å². The molecule has 1 N–H and O–H groups in total. The van der Waals surface area contributed by atoms with Crippen molar-refractivity contribution >= 4 is 12.0 Å². The zero-order chi connectivity index (χ0) is 19.1. The number of nitrogens with one attached hydrogen (secondary N) is 1. The van der Waals surface area contributed by atoms with Crippen molar-refractivity contribution in [1.82, 2.24) is 15.2 Å². The maximum absolute atomic E-state index is 13.2. The Morgan fingerprint density at radius 1 is 1.30 bits per heavy atom. The molecular formula is C21H24N3O3. The molecule has 1 aliphatic heterocycles. The summed E-state index contributed by atoms with van der Waals surface area (Å²) in [5.74, 6) is -0.112. The van der Waals surface area contributed by atoms with Gasteiger partial charge in [-0.25, -0.2) is 4.79 Å². The van der Waals surface area contributed by atoms with Crippen LogP contribution in [0.25, 0.3) is 11.1 Å². The highest BCUT2D eigenvalue weighted by atomic mass is 16.5. The summed E-state index contributed by atoms with van der Waals surface area (Å²) in [5.41, 5.74) is 2.13. The number of unbranched alkanes of at least 4 members (excludes halogenated alkanes) is 1. The summed E-state index contributed by atoms with van der Waals surface area (Å²) in [5, 5.41) is 2.82. The molecule has 1 aromatic heterocycles. The largest absolute Gasteiger partial charge is 0.450 e. The first-order chi connectivity index (χ1) is 13.2. The van der Waals surface area contributed by atoms with Gasteiger partial charge >= 0.3 is 6.09 Å². The van der Waals surface area contributed by atoms with Crippen LogP contribution in [0, 0.1) is 6.20 Å². The van der Waals surface area contributed by atoms with Crippen molar-refractivity contribution in [3.63, 3.8) is 0 Å². The Kier molecular flexibility index (Phi) is 6.41. The maximum Gasteiger partial charge on any atom is 0.408 e. The van der Waals surface area contributed by atoms with Crippen molar-refractivity contribution in [3.05, 3.63) is 54.4 Å². The number of rotatable bonds is 6. The van der Waals surface area contributed by atoms with Crippen molar-refractivity contribution in [3.8, 4) is 11.1 Å². The minimum atomic E-state index is -0.470. The summed E-state index contributed by atoms with van der Waals surface area (Å²) in [4.78, 5) is 30.9. The van der Waals surface area contributed by atoms with E-state index in [1.54, 1.807) is 17.2 Å². The molecule has 1 fully saturated rings. The van der Waals surface area contributed by atoms with Crippen LogP contribution in [0.3, 0.4) is 0 Å². The predicted molar refractivity (Wildman–Crippen MR) is 102 cm³/mol. The van der Waals surface area contributed by atoms with Gasteiger partial charge in [-0.2, -0.15) is 0 Å². The summed E-state index contributed by atoms with van der Waals surface area (Å²) in [6, 6.07) is 11.1. The summed E-state index contributed by atoms with van der Waals surface area (Å²) in [7, 11) is 0. The molecule has 1 aliphatic rings. The molecule has 6 heteroatoms. The first-order valence-corrected chi connectivity index (χ1v) is 9.37. The van der Waals surface area contributed by atoms with Gasteiger partial charge in [-0.05, 0) is 37.0 Å². The molecule has 141 valence electrons. The minimum Gasteiger partial charge on any atom is -0.450 e. The van der Waals surface area contributed by atoms with E-state index < -0.39 is 6.09 Å². The Bertz CT molecular complexity index is 779. The SMILES string of the molecule is CCCCOC(=O)NC1CCCN1C(=O)c1ccccc1-c1[c]nccc1. The van der Waals surface area contributed by atoms with Crippen molar-refractivity contribution in [2.24, 2.45) is 0 Å². The van der Waals surface area contributed by atoms with E-state index in [1.165, 1.54) is 0 Å². The first kappa shape index (κ1) is 18.9. The van der Waals surface area contributed by atoms with Gasteiger partial charge in [0.1, 0.15) is 6.17 Å². The van der Waals surface area contributed by atoms with E-state index in [4.69, 9.17) is 4.74 Å². The smallest absolute Gasteiger partial charge is 0.408 e. The van der Waals surface area contributed by atoms with Crippen molar-refractivity contribution in [2.75, 3.05) is 13.2 Å². The molecule has 6 nitrogen and oxygen atoms in total. The number of benzene rings is 1. The molecule has 1 saturated heterocycles. The zero-order valence-electron chi connectivity index (χ0n) is 15.5. The van der Waals surface area contributed by atoms with Crippen LogP contribution in [0.2, 0.25) is 0 Å². The van der Waals surface area contributed by atoms with Crippen LogP contribution < -0.4 is 5.32 Å². The highest BCUT2D eigenvalue weighted by molar-refractivity contribution is 6.01. The van der Waals surface area contributed by atoms with Crippen LogP contribution in [0.5, 0.6) is 0 Å². The standard InChI is InChI=1S/C21H24N3O3/c1-2-3-14-27-21(26)23-19-11-7-13-24(19)20(25)18-10-5-4-9-17(18)16-8-6-12-22-15-16/h4-6,8-10,12,19H,2-3,7,11,13-14H2,1H3,(H,23,26). The van der Waals surface area contributed by atoms with Gasteiger partial charge < -0.3 is 15.0 Å². The number of pyridine rings is 1. The highest BCUT2D eigenvalue weighted by Crippen LogP contribution is 2.26. The Morgan fingerprint density at radius 3 is 2.93 bits per heavy atom. The number of alkyl carbamates (subject to hydrolysis) is 1.